The van der Waals surface area contributed by atoms with Gasteiger partial charge in [0.1, 0.15) is 12.2 Å². The van der Waals surface area contributed by atoms with E-state index in [9.17, 15) is 9.59 Å². The number of esters is 1. The fourth-order valence-electron chi connectivity index (χ4n) is 0.275. The van der Waals surface area contributed by atoms with Crippen molar-refractivity contribution in [3.63, 3.8) is 0 Å². The number of Topliss-reactive ketones (excluding diaryl/α,β-unsaturated/α-hetero) is 1. The molecular formula is C5H10BaO3. The van der Waals surface area contributed by atoms with E-state index < -0.39 is 5.97 Å². The van der Waals surface area contributed by atoms with E-state index in [2.05, 4.69) is 4.74 Å². The third-order valence-corrected chi connectivity index (χ3v) is 0.621. The molecule has 0 fully saturated rings. The molecule has 0 aliphatic rings. The van der Waals surface area contributed by atoms with Crippen LogP contribution in [0.2, 0.25) is 0 Å². The van der Waals surface area contributed by atoms with Crippen LogP contribution < -0.4 is 0 Å². The van der Waals surface area contributed by atoms with E-state index in [0.717, 1.165) is 0 Å². The first-order valence-corrected chi connectivity index (χ1v) is 2.23. The van der Waals surface area contributed by atoms with Gasteiger partial charge in [-0.1, -0.05) is 0 Å². The van der Waals surface area contributed by atoms with E-state index in [1.54, 1.807) is 0 Å². The largest absolute Gasteiger partial charge is 2.00 e. The van der Waals surface area contributed by atoms with Crippen LogP contribution in [0.1, 0.15) is 16.2 Å². The number of methoxy groups -OCH3 is 1. The van der Waals surface area contributed by atoms with Gasteiger partial charge in [0.15, 0.2) is 0 Å². The summed E-state index contributed by atoms with van der Waals surface area (Å²) < 4.78 is 4.20. The summed E-state index contributed by atoms with van der Waals surface area (Å²) in [5.74, 6) is -0.644. The van der Waals surface area contributed by atoms with Crippen molar-refractivity contribution in [2.24, 2.45) is 0 Å². The van der Waals surface area contributed by atoms with Crippen LogP contribution in [0.15, 0.2) is 0 Å². The van der Waals surface area contributed by atoms with Crippen LogP contribution in [0.25, 0.3) is 0 Å². The van der Waals surface area contributed by atoms with Crippen molar-refractivity contribution in [1.82, 2.24) is 0 Å². The molecular weight excluding hydrogens is 245 g/mol. The second-order valence-electron chi connectivity index (χ2n) is 1.45. The van der Waals surface area contributed by atoms with Gasteiger partial charge in [-0.3, -0.25) is 9.59 Å². The first-order chi connectivity index (χ1) is 3.66. The van der Waals surface area contributed by atoms with Gasteiger partial charge in [0.05, 0.1) is 7.11 Å². The zero-order chi connectivity index (χ0) is 6.57. The van der Waals surface area contributed by atoms with E-state index in [1.165, 1.54) is 14.0 Å². The summed E-state index contributed by atoms with van der Waals surface area (Å²) in [7, 11) is 1.26. The van der Waals surface area contributed by atoms with Gasteiger partial charge < -0.3 is 7.59 Å². The minimum Gasteiger partial charge on any atom is -1.00 e. The summed E-state index contributed by atoms with van der Waals surface area (Å²) in [6, 6.07) is 0. The Kier molecular flexibility index (Phi) is 9.40. The molecule has 0 aliphatic carbocycles. The zero-order valence-corrected chi connectivity index (χ0v) is 10.1. The Hall–Kier alpha value is 0.711. The average Bonchev–Trinajstić information content (AvgIpc) is 1.65. The van der Waals surface area contributed by atoms with Crippen LogP contribution >= 0.6 is 0 Å². The van der Waals surface area contributed by atoms with Crippen LogP contribution in [-0.4, -0.2) is 67.7 Å². The van der Waals surface area contributed by atoms with Gasteiger partial charge in [0.25, 0.3) is 0 Å². The molecule has 3 nitrogen and oxygen atoms in total. The summed E-state index contributed by atoms with van der Waals surface area (Å²) in [6.07, 6.45) is -0.115. The van der Waals surface area contributed by atoms with Gasteiger partial charge in [-0.05, 0) is 6.92 Å². The maximum atomic E-state index is 10.2. The zero-order valence-electron chi connectivity index (χ0n) is 7.64. The monoisotopic (exact) mass is 256 g/mol. The number of carbonyl (C=O) groups is 2. The summed E-state index contributed by atoms with van der Waals surface area (Å²) >= 11 is 0. The van der Waals surface area contributed by atoms with Crippen molar-refractivity contribution < 1.29 is 17.2 Å². The number of hydrogen-bond donors (Lipinski definition) is 0. The van der Waals surface area contributed by atoms with E-state index in [4.69, 9.17) is 0 Å². The maximum Gasteiger partial charge on any atom is 2.00 e. The smallest absolute Gasteiger partial charge is 1.00 e. The van der Waals surface area contributed by atoms with Crippen molar-refractivity contribution in [3.05, 3.63) is 0 Å². The van der Waals surface area contributed by atoms with Crippen LogP contribution in [0, 0.1) is 0 Å². The predicted molar refractivity (Wildman–Crippen MR) is 35.3 cm³/mol. The number of ketones is 1. The molecule has 0 rings (SSSR count). The van der Waals surface area contributed by atoms with Gasteiger partial charge in [0, 0.05) is 0 Å². The topological polar surface area (TPSA) is 43.4 Å². The molecule has 0 radical (unpaired) electrons. The van der Waals surface area contributed by atoms with E-state index in [0.29, 0.717) is 0 Å². The first kappa shape index (κ1) is 12.4. The van der Waals surface area contributed by atoms with Gasteiger partial charge in [-0.2, -0.15) is 0 Å². The molecule has 0 atom stereocenters. The van der Waals surface area contributed by atoms with Crippen molar-refractivity contribution >= 4 is 60.6 Å². The minimum atomic E-state index is -0.475. The quantitative estimate of drug-likeness (QED) is 0.396. The second kappa shape index (κ2) is 6.83. The number of carbonyl (C=O) groups excluding carboxylic acids is 2. The summed E-state index contributed by atoms with van der Waals surface area (Å²) in [5, 5.41) is 0. The van der Waals surface area contributed by atoms with Gasteiger partial charge in [-0.15, -0.1) is 0 Å². The number of ether oxygens (including phenoxy) is 1. The molecule has 0 saturated heterocycles. The fraction of sp³-hybridized carbons (Fsp3) is 0.600. The third-order valence-electron chi connectivity index (χ3n) is 0.621. The molecule has 0 aliphatic heterocycles. The molecule has 4 heteroatoms. The van der Waals surface area contributed by atoms with Crippen LogP contribution in [0.4, 0.5) is 0 Å². The van der Waals surface area contributed by atoms with Gasteiger partial charge in [0.2, 0.25) is 0 Å². The molecule has 0 heterocycles. The van der Waals surface area contributed by atoms with Crippen molar-refractivity contribution in [1.29, 1.82) is 0 Å². The molecule has 0 aromatic rings. The van der Waals surface area contributed by atoms with Gasteiger partial charge in [-0.25, -0.2) is 0 Å². The Bertz CT molecular complexity index is 118. The standard InChI is InChI=1S/C5H8O3.Ba.2H/c1-4(6)3-5(7)8-2;;;/h3H2,1-2H3;;;/q;+2;2*-1. The molecule has 0 amide bonds. The molecule has 9 heavy (non-hydrogen) atoms. The molecule has 0 aromatic heterocycles. The number of rotatable bonds is 2. The van der Waals surface area contributed by atoms with Crippen molar-refractivity contribution in [2.75, 3.05) is 7.11 Å². The molecule has 0 unspecified atom stereocenters. The fourth-order valence-corrected chi connectivity index (χ4v) is 0.275. The molecule has 0 bridgehead atoms. The van der Waals surface area contributed by atoms with Crippen LogP contribution in [-0.2, 0) is 14.3 Å². The van der Waals surface area contributed by atoms with Crippen molar-refractivity contribution in [2.45, 2.75) is 13.3 Å². The van der Waals surface area contributed by atoms with Crippen LogP contribution in [0.5, 0.6) is 0 Å². The summed E-state index contributed by atoms with van der Waals surface area (Å²) in [6.45, 7) is 1.34. The summed E-state index contributed by atoms with van der Waals surface area (Å²) in [4.78, 5) is 20.3. The molecule has 0 N–H and O–H groups in total. The number of hydrogen-bond acceptors (Lipinski definition) is 3. The van der Waals surface area contributed by atoms with Crippen molar-refractivity contribution in [3.8, 4) is 0 Å². The average molecular weight is 255 g/mol. The molecule has 0 aromatic carbocycles. The Balaban J connectivity index is -0.0000000817. The minimum absolute atomic E-state index is 0. The van der Waals surface area contributed by atoms with Crippen LogP contribution in [0.3, 0.4) is 0 Å². The molecule has 0 spiro atoms. The van der Waals surface area contributed by atoms with Gasteiger partial charge >= 0.3 is 54.9 Å². The Labute approximate surface area is 97.2 Å². The second-order valence-corrected chi connectivity index (χ2v) is 1.45. The normalized spacial score (nSPS) is 7.33. The van der Waals surface area contributed by atoms with E-state index >= 15 is 0 Å². The Morgan fingerprint density at radius 3 is 2.11 bits per heavy atom. The predicted octanol–water partition coefficient (Wildman–Crippen LogP) is -0.0173. The third kappa shape index (κ3) is 8.71. The Morgan fingerprint density at radius 2 is 2.00 bits per heavy atom. The van der Waals surface area contributed by atoms with E-state index in [-0.39, 0.29) is 63.9 Å². The SMILES string of the molecule is COC(=O)CC(C)=O.[Ba+2].[H-].[H-]. The Morgan fingerprint density at radius 1 is 1.56 bits per heavy atom. The maximum absolute atomic E-state index is 10.2. The summed E-state index contributed by atoms with van der Waals surface area (Å²) in [5.41, 5.74) is 0. The molecule has 50 valence electrons. The molecule has 0 saturated carbocycles. The van der Waals surface area contributed by atoms with E-state index in [1.807, 2.05) is 0 Å². The first-order valence-electron chi connectivity index (χ1n) is 2.23.